The molecule has 1 aromatic carbocycles. The highest BCUT2D eigenvalue weighted by Gasteiger charge is 2.04. The fraction of sp³-hybridized carbons (Fsp3) is 0.500. The zero-order valence-electron chi connectivity index (χ0n) is 11.0. The molecule has 0 heterocycles. The number of carbonyl (C=O) groups excluding carboxylic acids is 1. The summed E-state index contributed by atoms with van der Waals surface area (Å²) < 4.78 is 5.19. The Balaban J connectivity index is 2.20. The van der Waals surface area contributed by atoms with Crippen molar-refractivity contribution in [2.75, 3.05) is 19.8 Å². The van der Waals surface area contributed by atoms with Crippen molar-refractivity contribution in [2.45, 2.75) is 26.2 Å². The number of ether oxygens (including phenoxy) is 1. The predicted molar refractivity (Wildman–Crippen MR) is 78.9 cm³/mol. The first kappa shape index (κ1) is 16.3. The maximum Gasteiger partial charge on any atom is 0.220 e. The number of rotatable bonds is 8. The first-order valence-corrected chi connectivity index (χ1v) is 7.17. The lowest BCUT2D eigenvalue weighted by Gasteiger charge is -2.06. The molecule has 0 saturated heterocycles. The highest BCUT2D eigenvalue weighted by molar-refractivity contribution is 6.42. The van der Waals surface area contributed by atoms with E-state index in [0.717, 1.165) is 12.0 Å². The van der Waals surface area contributed by atoms with Crippen LogP contribution >= 0.6 is 23.2 Å². The zero-order valence-corrected chi connectivity index (χ0v) is 12.6. The van der Waals surface area contributed by atoms with Gasteiger partial charge in [0.15, 0.2) is 0 Å². The molecule has 0 bridgehead atoms. The number of halogens is 2. The maximum absolute atomic E-state index is 11.6. The summed E-state index contributed by atoms with van der Waals surface area (Å²) in [5, 5.41) is 3.92. The number of hydrogen-bond acceptors (Lipinski definition) is 2. The van der Waals surface area contributed by atoms with Gasteiger partial charge in [-0.25, -0.2) is 0 Å². The Hall–Kier alpha value is -0.770. The number of hydrogen-bond donors (Lipinski definition) is 1. The Kier molecular flexibility index (Phi) is 7.87. The van der Waals surface area contributed by atoms with Crippen LogP contribution in [-0.2, 0) is 16.0 Å². The first-order chi connectivity index (χ1) is 9.13. The SMILES string of the molecule is CCOCCCNC(=O)CCc1ccc(Cl)c(Cl)c1. The van der Waals surface area contributed by atoms with Gasteiger partial charge < -0.3 is 10.1 Å². The van der Waals surface area contributed by atoms with Gasteiger partial charge in [-0.2, -0.15) is 0 Å². The van der Waals surface area contributed by atoms with Crippen LogP contribution in [0.3, 0.4) is 0 Å². The third kappa shape index (κ3) is 6.81. The van der Waals surface area contributed by atoms with Gasteiger partial charge in [-0.3, -0.25) is 4.79 Å². The molecule has 0 fully saturated rings. The van der Waals surface area contributed by atoms with E-state index in [0.29, 0.717) is 42.6 Å². The highest BCUT2D eigenvalue weighted by Crippen LogP contribution is 2.23. The molecule has 5 heteroatoms. The largest absolute Gasteiger partial charge is 0.382 e. The van der Waals surface area contributed by atoms with Gasteiger partial charge in [0.25, 0.3) is 0 Å². The van der Waals surface area contributed by atoms with Gasteiger partial charge in [0.2, 0.25) is 5.91 Å². The Bertz CT molecular complexity index is 410. The monoisotopic (exact) mass is 303 g/mol. The summed E-state index contributed by atoms with van der Waals surface area (Å²) in [7, 11) is 0. The van der Waals surface area contributed by atoms with E-state index in [1.807, 2.05) is 13.0 Å². The van der Waals surface area contributed by atoms with E-state index >= 15 is 0 Å². The molecule has 1 rings (SSSR count). The molecule has 0 atom stereocenters. The van der Waals surface area contributed by atoms with E-state index in [2.05, 4.69) is 5.32 Å². The molecule has 1 aromatic rings. The van der Waals surface area contributed by atoms with Crippen LogP contribution in [-0.4, -0.2) is 25.7 Å². The molecule has 1 N–H and O–H groups in total. The minimum Gasteiger partial charge on any atom is -0.382 e. The molecule has 0 aliphatic carbocycles. The van der Waals surface area contributed by atoms with Crippen molar-refractivity contribution in [1.82, 2.24) is 5.32 Å². The topological polar surface area (TPSA) is 38.3 Å². The lowest BCUT2D eigenvalue weighted by Crippen LogP contribution is -2.25. The second-order valence-corrected chi connectivity index (χ2v) is 4.96. The van der Waals surface area contributed by atoms with Crippen molar-refractivity contribution in [3.8, 4) is 0 Å². The van der Waals surface area contributed by atoms with Crippen molar-refractivity contribution < 1.29 is 9.53 Å². The lowest BCUT2D eigenvalue weighted by atomic mass is 10.1. The molecule has 0 aliphatic rings. The van der Waals surface area contributed by atoms with Crippen molar-refractivity contribution in [3.05, 3.63) is 33.8 Å². The second kappa shape index (κ2) is 9.18. The number of amides is 1. The molecule has 19 heavy (non-hydrogen) atoms. The predicted octanol–water partition coefficient (Wildman–Crippen LogP) is 3.47. The highest BCUT2D eigenvalue weighted by atomic mass is 35.5. The average molecular weight is 304 g/mol. The number of carbonyl (C=O) groups is 1. The molecule has 106 valence electrons. The Morgan fingerprint density at radius 2 is 2.11 bits per heavy atom. The van der Waals surface area contributed by atoms with Crippen LogP contribution in [0.5, 0.6) is 0 Å². The maximum atomic E-state index is 11.6. The smallest absolute Gasteiger partial charge is 0.220 e. The van der Waals surface area contributed by atoms with Gasteiger partial charge in [-0.15, -0.1) is 0 Å². The van der Waals surface area contributed by atoms with Crippen LogP contribution in [0.1, 0.15) is 25.3 Å². The Morgan fingerprint density at radius 3 is 2.79 bits per heavy atom. The van der Waals surface area contributed by atoms with Gasteiger partial charge in [0.05, 0.1) is 10.0 Å². The summed E-state index contributed by atoms with van der Waals surface area (Å²) in [6.07, 6.45) is 1.95. The van der Waals surface area contributed by atoms with E-state index < -0.39 is 0 Å². The lowest BCUT2D eigenvalue weighted by molar-refractivity contribution is -0.121. The molecule has 0 saturated carbocycles. The number of nitrogens with one attached hydrogen (secondary N) is 1. The molecular weight excluding hydrogens is 285 g/mol. The molecule has 0 unspecified atom stereocenters. The average Bonchev–Trinajstić information content (AvgIpc) is 2.40. The standard InChI is InChI=1S/C14H19Cl2NO2/c1-2-19-9-3-8-17-14(18)7-5-11-4-6-12(15)13(16)10-11/h4,6,10H,2-3,5,7-9H2,1H3,(H,17,18). The molecule has 1 amide bonds. The van der Waals surface area contributed by atoms with Gasteiger partial charge in [0.1, 0.15) is 0 Å². The van der Waals surface area contributed by atoms with Crippen molar-refractivity contribution in [1.29, 1.82) is 0 Å². The van der Waals surface area contributed by atoms with Gasteiger partial charge in [-0.1, -0.05) is 29.3 Å². The molecule has 0 aromatic heterocycles. The Morgan fingerprint density at radius 1 is 1.32 bits per heavy atom. The minimum atomic E-state index is 0.0440. The van der Waals surface area contributed by atoms with Crippen LogP contribution in [0.4, 0.5) is 0 Å². The summed E-state index contributed by atoms with van der Waals surface area (Å²) in [6.45, 7) is 4.00. The van der Waals surface area contributed by atoms with Crippen LogP contribution in [0.25, 0.3) is 0 Å². The van der Waals surface area contributed by atoms with Gasteiger partial charge in [-0.05, 0) is 37.5 Å². The van der Waals surface area contributed by atoms with Crippen LogP contribution < -0.4 is 5.32 Å². The molecule has 0 aliphatic heterocycles. The van der Waals surface area contributed by atoms with E-state index in [-0.39, 0.29) is 5.91 Å². The van der Waals surface area contributed by atoms with Crippen molar-refractivity contribution >= 4 is 29.1 Å². The normalized spacial score (nSPS) is 10.5. The summed E-state index contributed by atoms with van der Waals surface area (Å²) in [6, 6.07) is 5.43. The molecular formula is C14H19Cl2NO2. The first-order valence-electron chi connectivity index (χ1n) is 6.42. The fourth-order valence-corrected chi connectivity index (χ4v) is 1.91. The summed E-state index contributed by atoms with van der Waals surface area (Å²) in [5.41, 5.74) is 1.01. The van der Waals surface area contributed by atoms with Gasteiger partial charge in [0, 0.05) is 26.2 Å². The fourth-order valence-electron chi connectivity index (χ4n) is 1.59. The minimum absolute atomic E-state index is 0.0440. The summed E-state index contributed by atoms with van der Waals surface area (Å²) >= 11 is 11.7. The van der Waals surface area contributed by atoms with Gasteiger partial charge >= 0.3 is 0 Å². The quantitative estimate of drug-likeness (QED) is 0.747. The summed E-state index contributed by atoms with van der Waals surface area (Å²) in [5.74, 6) is 0.0440. The Labute approximate surface area is 124 Å². The second-order valence-electron chi connectivity index (χ2n) is 4.15. The van der Waals surface area contributed by atoms with E-state index in [1.54, 1.807) is 12.1 Å². The van der Waals surface area contributed by atoms with E-state index in [4.69, 9.17) is 27.9 Å². The van der Waals surface area contributed by atoms with E-state index in [9.17, 15) is 4.79 Å². The van der Waals surface area contributed by atoms with Crippen molar-refractivity contribution in [3.63, 3.8) is 0 Å². The molecule has 0 radical (unpaired) electrons. The van der Waals surface area contributed by atoms with E-state index in [1.165, 1.54) is 0 Å². The third-order valence-corrected chi connectivity index (χ3v) is 3.36. The molecule has 3 nitrogen and oxygen atoms in total. The zero-order chi connectivity index (χ0) is 14.1. The molecule has 0 spiro atoms. The summed E-state index contributed by atoms with van der Waals surface area (Å²) in [4.78, 5) is 11.6. The number of benzene rings is 1. The van der Waals surface area contributed by atoms with Crippen LogP contribution in [0.15, 0.2) is 18.2 Å². The number of aryl methyl sites for hydroxylation is 1. The third-order valence-electron chi connectivity index (χ3n) is 2.62. The van der Waals surface area contributed by atoms with Crippen LogP contribution in [0, 0.1) is 0 Å². The van der Waals surface area contributed by atoms with Crippen molar-refractivity contribution in [2.24, 2.45) is 0 Å². The van der Waals surface area contributed by atoms with Crippen LogP contribution in [0.2, 0.25) is 10.0 Å².